The van der Waals surface area contributed by atoms with E-state index in [1.165, 1.54) is 36.4 Å². The molecule has 0 aliphatic rings. The van der Waals surface area contributed by atoms with Crippen LogP contribution in [-0.2, 0) is 31.0 Å². The van der Waals surface area contributed by atoms with Gasteiger partial charge in [-0.1, -0.05) is 121 Å². The minimum Gasteiger partial charge on any atom is -0.489 e. The van der Waals surface area contributed by atoms with Crippen molar-refractivity contribution in [2.75, 3.05) is 26.2 Å². The van der Waals surface area contributed by atoms with Crippen LogP contribution >= 0.6 is 0 Å². The first-order chi connectivity index (χ1) is 28.9. The van der Waals surface area contributed by atoms with Gasteiger partial charge in [-0.3, -0.25) is 24.0 Å². The Hall–Kier alpha value is -7.41. The van der Waals surface area contributed by atoms with Crippen molar-refractivity contribution in [3.8, 4) is 5.75 Å². The number of hydrogen-bond acceptors (Lipinski definition) is 8. The zero-order chi connectivity index (χ0) is 41.2. The highest BCUT2D eigenvalue weighted by Crippen LogP contribution is 2.21. The molecule has 59 heavy (non-hydrogen) atoms. The maximum Gasteiger partial charge on any atom is 0.283 e. The molecule has 6 rings (SSSR count). The van der Waals surface area contributed by atoms with Crippen LogP contribution in [0.15, 0.2) is 161 Å². The van der Waals surface area contributed by atoms with E-state index in [0.29, 0.717) is 18.8 Å². The van der Waals surface area contributed by atoms with Crippen LogP contribution in [0.3, 0.4) is 0 Å². The quantitative estimate of drug-likeness (QED) is 0.115. The molecule has 2 aromatic heterocycles. The Morgan fingerprint density at radius 1 is 0.508 bits per heavy atom. The molecule has 0 saturated heterocycles. The van der Waals surface area contributed by atoms with Crippen LogP contribution < -0.4 is 36.2 Å². The van der Waals surface area contributed by atoms with E-state index >= 15 is 0 Å². The van der Waals surface area contributed by atoms with Gasteiger partial charge in [0.2, 0.25) is 5.91 Å². The molecule has 0 unspecified atom stereocenters. The summed E-state index contributed by atoms with van der Waals surface area (Å²) in [5.41, 5.74) is 2.47. The first-order valence-electron chi connectivity index (χ1n) is 19.2. The van der Waals surface area contributed by atoms with Crippen molar-refractivity contribution in [1.29, 1.82) is 0 Å². The number of hydrogen-bond donors (Lipinski definition) is 2. The Kier molecular flexibility index (Phi) is 14.8. The fourth-order valence-corrected chi connectivity index (χ4v) is 6.12. The van der Waals surface area contributed by atoms with Crippen molar-refractivity contribution in [3.63, 3.8) is 0 Å². The van der Waals surface area contributed by atoms with Crippen molar-refractivity contribution < 1.29 is 28.8 Å². The van der Waals surface area contributed by atoms with Crippen molar-refractivity contribution in [2.45, 2.75) is 32.7 Å². The number of aromatic nitrogens is 2. The second-order valence-corrected chi connectivity index (χ2v) is 13.4. The lowest BCUT2D eigenvalue weighted by molar-refractivity contribution is -0.131. The monoisotopic (exact) mass is 795 g/mol. The highest BCUT2D eigenvalue weighted by molar-refractivity contribution is 5.93. The molecule has 0 atom stereocenters. The highest BCUT2D eigenvalue weighted by atomic mass is 16.7. The summed E-state index contributed by atoms with van der Waals surface area (Å²) in [5.74, 6) is -0.698. The van der Waals surface area contributed by atoms with Gasteiger partial charge in [-0.05, 0) is 46.9 Å². The van der Waals surface area contributed by atoms with Crippen LogP contribution in [0.2, 0.25) is 0 Å². The van der Waals surface area contributed by atoms with Gasteiger partial charge in [-0.2, -0.15) is 0 Å². The van der Waals surface area contributed by atoms with Crippen molar-refractivity contribution in [3.05, 3.63) is 206 Å². The molecule has 0 aliphatic heterocycles. The van der Waals surface area contributed by atoms with E-state index in [0.717, 1.165) is 31.7 Å². The van der Waals surface area contributed by atoms with Crippen LogP contribution in [0.4, 0.5) is 0 Å². The van der Waals surface area contributed by atoms with Crippen molar-refractivity contribution in [1.82, 2.24) is 25.0 Å². The molecule has 0 bridgehead atoms. The fourth-order valence-electron chi connectivity index (χ4n) is 6.12. The minimum atomic E-state index is -0.571. The van der Waals surface area contributed by atoms with E-state index in [1.54, 1.807) is 4.90 Å². The zero-order valence-electron chi connectivity index (χ0n) is 32.4. The summed E-state index contributed by atoms with van der Waals surface area (Å²) < 4.78 is 8.01. The second kappa shape index (κ2) is 21.2. The van der Waals surface area contributed by atoms with Gasteiger partial charge in [0, 0.05) is 44.7 Å². The van der Waals surface area contributed by atoms with Gasteiger partial charge in [0.05, 0.1) is 0 Å². The average Bonchev–Trinajstić information content (AvgIpc) is 3.27. The van der Waals surface area contributed by atoms with Crippen LogP contribution in [-0.4, -0.2) is 58.3 Å². The molecule has 2 heterocycles. The third-order valence-corrected chi connectivity index (χ3v) is 9.20. The molecule has 4 aromatic carbocycles. The lowest BCUT2D eigenvalue weighted by atomic mass is 10.1. The summed E-state index contributed by atoms with van der Waals surface area (Å²) in [6.07, 6.45) is 0.494. The van der Waals surface area contributed by atoms with Gasteiger partial charge in [0.15, 0.2) is 0 Å². The summed E-state index contributed by atoms with van der Waals surface area (Å²) >= 11 is 0. The Morgan fingerprint density at radius 2 is 0.949 bits per heavy atom. The van der Waals surface area contributed by atoms with Gasteiger partial charge < -0.3 is 29.9 Å². The number of carbonyl (C=O) groups excluding carboxylic acids is 3. The number of rotatable bonds is 20. The summed E-state index contributed by atoms with van der Waals surface area (Å²) in [5, 5.41) is 5.59. The molecular weight excluding hydrogens is 751 g/mol. The number of amides is 3. The van der Waals surface area contributed by atoms with Gasteiger partial charge in [0.25, 0.3) is 22.9 Å². The standard InChI is InChI=1S/C46H45N5O8/c52-42(27-26-38-20-10-11-23-41(38)57-32-35-14-4-1-5-15-35)49(30-28-47-45(55)39-21-12-24-43(53)50(39)58-33-36-16-6-2-7-17-36)31-29-48-46(56)40-22-13-25-44(54)51(40)59-34-37-18-8-3-9-19-37/h1-25H,26-34H2,(H,47,55)(H,48,56). The molecule has 2 N–H and O–H groups in total. The number of pyridine rings is 2. The number of carbonyl (C=O) groups is 3. The lowest BCUT2D eigenvalue weighted by Gasteiger charge is -2.24. The first-order valence-corrected chi connectivity index (χ1v) is 19.2. The molecule has 0 radical (unpaired) electrons. The fraction of sp³-hybridized carbons (Fsp3) is 0.196. The summed E-state index contributed by atoms with van der Waals surface area (Å²) in [4.78, 5) is 79.1. The first kappa shape index (κ1) is 41.2. The van der Waals surface area contributed by atoms with E-state index in [-0.39, 0.29) is 63.1 Å². The summed E-state index contributed by atoms with van der Waals surface area (Å²) in [6.45, 7) is 0.743. The Labute approximate surface area is 341 Å². The molecule has 3 amide bonds. The van der Waals surface area contributed by atoms with E-state index in [9.17, 15) is 24.0 Å². The summed E-state index contributed by atoms with van der Waals surface area (Å²) in [7, 11) is 0. The number of para-hydroxylation sites is 1. The average molecular weight is 796 g/mol. The number of nitrogens with one attached hydrogen (secondary N) is 2. The predicted octanol–water partition coefficient (Wildman–Crippen LogP) is 4.47. The Balaban J connectivity index is 1.11. The van der Waals surface area contributed by atoms with E-state index < -0.39 is 22.9 Å². The number of ether oxygens (including phenoxy) is 1. The molecule has 0 aliphatic carbocycles. The third kappa shape index (κ3) is 12.0. The third-order valence-electron chi connectivity index (χ3n) is 9.20. The Morgan fingerprint density at radius 3 is 1.44 bits per heavy atom. The number of nitrogens with zero attached hydrogens (tertiary/aromatic N) is 3. The molecule has 13 heteroatoms. The molecule has 0 spiro atoms. The molecule has 13 nitrogen and oxygen atoms in total. The predicted molar refractivity (Wildman–Crippen MR) is 222 cm³/mol. The smallest absolute Gasteiger partial charge is 0.283 e. The molecule has 0 fully saturated rings. The maximum absolute atomic E-state index is 13.9. The van der Waals surface area contributed by atoms with Crippen LogP contribution in [0.25, 0.3) is 0 Å². The zero-order valence-corrected chi connectivity index (χ0v) is 32.4. The Bertz CT molecular complexity index is 2300. The minimum absolute atomic E-state index is 0.00549. The van der Waals surface area contributed by atoms with E-state index in [2.05, 4.69) is 10.6 Å². The largest absolute Gasteiger partial charge is 0.489 e. The van der Waals surface area contributed by atoms with Crippen molar-refractivity contribution >= 4 is 17.7 Å². The molecule has 302 valence electrons. The van der Waals surface area contributed by atoms with E-state index in [1.807, 2.05) is 115 Å². The van der Waals surface area contributed by atoms with Crippen molar-refractivity contribution in [2.24, 2.45) is 0 Å². The molecular formula is C46H45N5O8. The van der Waals surface area contributed by atoms with Crippen LogP contribution in [0.1, 0.15) is 49.7 Å². The second-order valence-electron chi connectivity index (χ2n) is 13.4. The van der Waals surface area contributed by atoms with E-state index in [4.69, 9.17) is 14.4 Å². The SMILES string of the molecule is O=C(NCCN(CCNC(=O)c1cccc(=O)n1OCc1ccccc1)C(=O)CCc1ccccc1OCc1ccccc1)c1cccc(=O)n1OCc1ccccc1. The topological polar surface area (TPSA) is 150 Å². The van der Waals surface area contributed by atoms with Gasteiger partial charge in [0.1, 0.15) is 37.0 Å². The molecule has 6 aromatic rings. The van der Waals surface area contributed by atoms with Gasteiger partial charge >= 0.3 is 0 Å². The van der Waals surface area contributed by atoms with Crippen LogP contribution in [0.5, 0.6) is 5.75 Å². The maximum atomic E-state index is 13.9. The lowest BCUT2D eigenvalue weighted by Crippen LogP contribution is -2.44. The number of benzene rings is 4. The normalized spacial score (nSPS) is 10.6. The highest BCUT2D eigenvalue weighted by Gasteiger charge is 2.19. The molecule has 0 saturated carbocycles. The van der Waals surface area contributed by atoms with Crippen LogP contribution in [0, 0.1) is 0 Å². The van der Waals surface area contributed by atoms with Gasteiger partial charge in [-0.15, -0.1) is 9.46 Å². The number of aryl methyl sites for hydroxylation is 1. The van der Waals surface area contributed by atoms with Gasteiger partial charge in [-0.25, -0.2) is 0 Å². The summed E-state index contributed by atoms with van der Waals surface area (Å²) in [6, 6.07) is 44.3.